The van der Waals surface area contributed by atoms with Crippen molar-refractivity contribution in [2.24, 2.45) is 0 Å². The highest BCUT2D eigenvalue weighted by molar-refractivity contribution is 5.75. The molecule has 1 unspecified atom stereocenters. The van der Waals surface area contributed by atoms with E-state index in [0.29, 0.717) is 19.6 Å². The smallest absolute Gasteiger partial charge is 0.323 e. The summed E-state index contributed by atoms with van der Waals surface area (Å²) in [5, 5.41) is 2.94. The highest BCUT2D eigenvalue weighted by Gasteiger charge is 2.17. The van der Waals surface area contributed by atoms with Crippen molar-refractivity contribution in [2.75, 3.05) is 20.3 Å². The summed E-state index contributed by atoms with van der Waals surface area (Å²) in [4.78, 5) is 11.6. The van der Waals surface area contributed by atoms with Crippen LogP contribution in [0, 0.1) is 13.8 Å². The van der Waals surface area contributed by atoms with Gasteiger partial charge in [0, 0.05) is 6.42 Å². The molecule has 0 amide bonds. The van der Waals surface area contributed by atoms with E-state index in [-0.39, 0.29) is 12.0 Å². The van der Waals surface area contributed by atoms with Gasteiger partial charge in [0.05, 0.1) is 13.2 Å². The van der Waals surface area contributed by atoms with Crippen molar-refractivity contribution in [2.45, 2.75) is 33.2 Å². The van der Waals surface area contributed by atoms with Gasteiger partial charge >= 0.3 is 5.97 Å². The summed E-state index contributed by atoms with van der Waals surface area (Å²) in [5.41, 5.74) is 2.32. The normalized spacial score (nSPS) is 12.0. The Morgan fingerprint density at radius 3 is 2.68 bits per heavy atom. The largest absolute Gasteiger partial charge is 0.493 e. The first-order valence-corrected chi connectivity index (χ1v) is 6.62. The van der Waals surface area contributed by atoms with Gasteiger partial charge < -0.3 is 14.8 Å². The number of rotatable bonds is 7. The zero-order valence-electron chi connectivity index (χ0n) is 12.2. The van der Waals surface area contributed by atoms with Gasteiger partial charge in [-0.3, -0.25) is 4.79 Å². The van der Waals surface area contributed by atoms with Crippen molar-refractivity contribution in [3.63, 3.8) is 0 Å². The highest BCUT2D eigenvalue weighted by Crippen LogP contribution is 2.18. The van der Waals surface area contributed by atoms with E-state index in [1.165, 1.54) is 5.56 Å². The Labute approximate surface area is 115 Å². The molecule has 0 aromatic heterocycles. The Kier molecular flexibility index (Phi) is 6.36. The van der Waals surface area contributed by atoms with Gasteiger partial charge in [-0.15, -0.1) is 0 Å². The Balaban J connectivity index is 2.46. The van der Waals surface area contributed by atoms with Crippen molar-refractivity contribution in [3.8, 4) is 5.75 Å². The van der Waals surface area contributed by atoms with E-state index in [1.54, 1.807) is 14.0 Å². The molecule has 4 heteroatoms. The van der Waals surface area contributed by atoms with Crippen LogP contribution in [0.5, 0.6) is 5.75 Å². The molecule has 0 spiro atoms. The summed E-state index contributed by atoms with van der Waals surface area (Å²) in [6, 6.07) is 5.74. The summed E-state index contributed by atoms with van der Waals surface area (Å²) in [6.07, 6.45) is 0.586. The molecule has 0 heterocycles. The number of carbonyl (C=O) groups is 1. The van der Waals surface area contributed by atoms with E-state index in [1.807, 2.05) is 19.1 Å². The number of hydrogen-bond acceptors (Lipinski definition) is 4. The number of ether oxygens (including phenoxy) is 2. The molecule has 0 radical (unpaired) electrons. The number of nitrogens with one attached hydrogen (secondary N) is 1. The van der Waals surface area contributed by atoms with Crippen molar-refractivity contribution in [3.05, 3.63) is 29.3 Å². The molecular weight excluding hydrogens is 242 g/mol. The number of likely N-dealkylation sites (N-methyl/N-ethyl adjacent to an activating group) is 1. The van der Waals surface area contributed by atoms with E-state index in [4.69, 9.17) is 9.47 Å². The molecule has 1 atom stereocenters. The summed E-state index contributed by atoms with van der Waals surface area (Å²) >= 11 is 0. The van der Waals surface area contributed by atoms with Crippen LogP contribution in [0.2, 0.25) is 0 Å². The third-order valence-corrected chi connectivity index (χ3v) is 2.91. The van der Waals surface area contributed by atoms with Crippen LogP contribution < -0.4 is 10.1 Å². The Morgan fingerprint density at radius 2 is 2.11 bits per heavy atom. The lowest BCUT2D eigenvalue weighted by molar-refractivity contribution is -0.145. The molecular formula is C15H23NO3. The summed E-state index contributed by atoms with van der Waals surface area (Å²) in [6.45, 7) is 6.75. The fourth-order valence-corrected chi connectivity index (χ4v) is 1.87. The number of aryl methyl sites for hydroxylation is 2. The zero-order chi connectivity index (χ0) is 14.3. The van der Waals surface area contributed by atoms with Crippen LogP contribution >= 0.6 is 0 Å². The molecule has 0 saturated carbocycles. The van der Waals surface area contributed by atoms with Crippen LogP contribution in [0.4, 0.5) is 0 Å². The predicted octanol–water partition coefficient (Wildman–Crippen LogP) is 2.22. The SMILES string of the molecule is CCOC(=O)C(CCOc1ccc(C)cc1C)NC. The van der Waals surface area contributed by atoms with Gasteiger partial charge in [-0.2, -0.15) is 0 Å². The Bertz CT molecular complexity index is 418. The first-order chi connectivity index (χ1) is 9.08. The van der Waals surface area contributed by atoms with Crippen LogP contribution in [0.3, 0.4) is 0 Å². The maximum atomic E-state index is 11.6. The van der Waals surface area contributed by atoms with Gasteiger partial charge in [0.25, 0.3) is 0 Å². The third kappa shape index (κ3) is 4.91. The maximum absolute atomic E-state index is 11.6. The van der Waals surface area contributed by atoms with Crippen molar-refractivity contribution in [1.29, 1.82) is 0 Å². The molecule has 0 aliphatic heterocycles. The Morgan fingerprint density at radius 1 is 1.37 bits per heavy atom. The van der Waals surface area contributed by atoms with E-state index in [9.17, 15) is 4.79 Å². The summed E-state index contributed by atoms with van der Waals surface area (Å²) < 4.78 is 10.7. The van der Waals surface area contributed by atoms with Gasteiger partial charge in [0.2, 0.25) is 0 Å². The van der Waals surface area contributed by atoms with Crippen LogP contribution in [-0.4, -0.2) is 32.3 Å². The van der Waals surface area contributed by atoms with E-state index >= 15 is 0 Å². The lowest BCUT2D eigenvalue weighted by atomic mass is 10.1. The topological polar surface area (TPSA) is 47.6 Å². The lowest BCUT2D eigenvalue weighted by Crippen LogP contribution is -2.36. The molecule has 0 fully saturated rings. The molecule has 0 saturated heterocycles. The number of esters is 1. The van der Waals surface area contributed by atoms with Crippen LogP contribution in [0.25, 0.3) is 0 Å². The van der Waals surface area contributed by atoms with Crippen molar-refractivity contribution < 1.29 is 14.3 Å². The average molecular weight is 265 g/mol. The molecule has 0 bridgehead atoms. The Hall–Kier alpha value is -1.55. The van der Waals surface area contributed by atoms with Crippen LogP contribution in [-0.2, 0) is 9.53 Å². The summed E-state index contributed by atoms with van der Waals surface area (Å²) in [7, 11) is 1.75. The molecule has 0 aliphatic carbocycles. The van der Waals surface area contributed by atoms with Crippen molar-refractivity contribution >= 4 is 5.97 Å². The fraction of sp³-hybridized carbons (Fsp3) is 0.533. The molecule has 1 N–H and O–H groups in total. The fourth-order valence-electron chi connectivity index (χ4n) is 1.87. The zero-order valence-corrected chi connectivity index (χ0v) is 12.2. The highest BCUT2D eigenvalue weighted by atomic mass is 16.5. The second kappa shape index (κ2) is 7.79. The number of carbonyl (C=O) groups excluding carboxylic acids is 1. The van der Waals surface area contributed by atoms with E-state index in [0.717, 1.165) is 11.3 Å². The standard InChI is InChI=1S/C15H23NO3/c1-5-18-15(17)13(16-4)8-9-19-14-7-6-11(2)10-12(14)3/h6-7,10,13,16H,5,8-9H2,1-4H3. The second-order valence-corrected chi connectivity index (χ2v) is 4.50. The average Bonchev–Trinajstić information content (AvgIpc) is 2.37. The minimum atomic E-state index is -0.314. The molecule has 4 nitrogen and oxygen atoms in total. The van der Waals surface area contributed by atoms with Crippen LogP contribution in [0.1, 0.15) is 24.5 Å². The van der Waals surface area contributed by atoms with Gasteiger partial charge in [-0.05, 0) is 39.4 Å². The number of benzene rings is 1. The van der Waals surface area contributed by atoms with Gasteiger partial charge in [0.15, 0.2) is 0 Å². The first kappa shape index (κ1) is 15.5. The molecule has 19 heavy (non-hydrogen) atoms. The third-order valence-electron chi connectivity index (χ3n) is 2.91. The molecule has 106 valence electrons. The van der Waals surface area contributed by atoms with E-state index in [2.05, 4.69) is 18.3 Å². The van der Waals surface area contributed by atoms with Gasteiger partial charge in [0.1, 0.15) is 11.8 Å². The maximum Gasteiger partial charge on any atom is 0.323 e. The second-order valence-electron chi connectivity index (χ2n) is 4.50. The summed E-state index contributed by atoms with van der Waals surface area (Å²) in [5.74, 6) is 0.638. The lowest BCUT2D eigenvalue weighted by Gasteiger charge is -2.15. The van der Waals surface area contributed by atoms with Gasteiger partial charge in [-0.25, -0.2) is 0 Å². The first-order valence-electron chi connectivity index (χ1n) is 6.62. The van der Waals surface area contributed by atoms with E-state index < -0.39 is 0 Å². The quantitative estimate of drug-likeness (QED) is 0.768. The molecule has 1 rings (SSSR count). The molecule has 0 aliphatic rings. The minimum absolute atomic E-state index is 0.228. The molecule has 1 aromatic carbocycles. The van der Waals surface area contributed by atoms with Gasteiger partial charge in [-0.1, -0.05) is 17.7 Å². The minimum Gasteiger partial charge on any atom is -0.493 e. The monoisotopic (exact) mass is 265 g/mol. The predicted molar refractivity (Wildman–Crippen MR) is 75.5 cm³/mol. The number of hydrogen-bond donors (Lipinski definition) is 1. The van der Waals surface area contributed by atoms with Crippen molar-refractivity contribution in [1.82, 2.24) is 5.32 Å². The molecule has 1 aromatic rings. The van der Waals surface area contributed by atoms with Crippen LogP contribution in [0.15, 0.2) is 18.2 Å².